The highest BCUT2D eigenvalue weighted by atomic mass is 16.3. The Hall–Kier alpha value is -3.95. The van der Waals surface area contributed by atoms with Gasteiger partial charge < -0.3 is 15.4 Å². The van der Waals surface area contributed by atoms with Crippen molar-refractivity contribution in [3.05, 3.63) is 69.1 Å². The van der Waals surface area contributed by atoms with Crippen molar-refractivity contribution in [1.82, 2.24) is 29.5 Å². The second-order valence-corrected chi connectivity index (χ2v) is 7.54. The van der Waals surface area contributed by atoms with Gasteiger partial charge in [-0.1, -0.05) is 37.3 Å². The highest BCUT2D eigenvalue weighted by Gasteiger charge is 2.21. The standard InChI is InChI=1S/C21H22N8O2/c1-2-15(12-6-4-3-5-7-12)24-19-26-17-13(10-16-18(30)27-21(31)25-16)11-22-29(17)20(28-19)23-14-8-9-14/h3-7,10-11,14-15,30H,2,8-9H2,1H3,(H,23,24,28)(H2,25,27,31)/b13-10+/t15-/m0/s1. The third-order valence-electron chi connectivity index (χ3n) is 5.17. The number of aromatic hydroxyl groups is 1. The molecule has 4 N–H and O–H groups in total. The number of hydrogen-bond acceptors (Lipinski definition) is 7. The average Bonchev–Trinajstić information content (AvgIpc) is 3.41. The molecule has 3 aromatic heterocycles. The minimum atomic E-state index is -0.490. The van der Waals surface area contributed by atoms with Crippen LogP contribution in [0.5, 0.6) is 5.88 Å². The molecular weight excluding hydrogens is 396 g/mol. The van der Waals surface area contributed by atoms with Gasteiger partial charge in [0, 0.05) is 5.22 Å². The number of benzene rings is 1. The van der Waals surface area contributed by atoms with Gasteiger partial charge in [0.2, 0.25) is 11.8 Å². The van der Waals surface area contributed by atoms with Gasteiger partial charge in [0.25, 0.3) is 5.62 Å². The molecular formula is C21H22N8O2. The van der Waals surface area contributed by atoms with Gasteiger partial charge in [0.1, 0.15) is 5.69 Å². The number of nitrogens with zero attached hydrogens (tertiary/aromatic N) is 5. The second-order valence-electron chi connectivity index (χ2n) is 7.54. The first-order chi connectivity index (χ1) is 15.1. The lowest BCUT2D eigenvalue weighted by Crippen LogP contribution is -2.25. The van der Waals surface area contributed by atoms with Crippen LogP contribution in [0, 0.1) is 0 Å². The van der Waals surface area contributed by atoms with E-state index >= 15 is 0 Å². The maximum Gasteiger partial charge on any atom is 0.326 e. The van der Waals surface area contributed by atoms with E-state index in [2.05, 4.69) is 54.4 Å². The zero-order valence-corrected chi connectivity index (χ0v) is 16.9. The van der Waals surface area contributed by atoms with E-state index in [9.17, 15) is 9.90 Å². The number of aromatic nitrogens is 6. The molecule has 0 saturated heterocycles. The normalized spacial score (nSPS) is 16.2. The Morgan fingerprint density at radius 2 is 2.10 bits per heavy atom. The predicted octanol–water partition coefficient (Wildman–Crippen LogP) is 1.02. The van der Waals surface area contributed by atoms with Gasteiger partial charge in [0.05, 0.1) is 18.3 Å². The summed E-state index contributed by atoms with van der Waals surface area (Å²) >= 11 is 0. The quantitative estimate of drug-likeness (QED) is 0.369. The minimum absolute atomic E-state index is 0.0397. The van der Waals surface area contributed by atoms with Gasteiger partial charge in [-0.15, -0.1) is 0 Å². The molecule has 0 spiro atoms. The fourth-order valence-electron chi connectivity index (χ4n) is 3.41. The highest BCUT2D eigenvalue weighted by molar-refractivity contribution is 5.57. The lowest BCUT2D eigenvalue weighted by molar-refractivity contribution is 0.454. The fourth-order valence-corrected chi connectivity index (χ4v) is 3.41. The fraction of sp³-hybridized carbons (Fsp3) is 0.286. The largest absolute Gasteiger partial charge is 0.493 e. The maximum absolute atomic E-state index is 11.5. The van der Waals surface area contributed by atoms with Crippen molar-refractivity contribution in [1.29, 1.82) is 0 Å². The Morgan fingerprint density at radius 1 is 1.29 bits per heavy atom. The summed E-state index contributed by atoms with van der Waals surface area (Å²) in [5.74, 6) is 0.208. The third-order valence-corrected chi connectivity index (χ3v) is 5.17. The van der Waals surface area contributed by atoms with Gasteiger partial charge in [-0.25, -0.2) is 9.79 Å². The number of nitrogens with one attached hydrogen (secondary N) is 3. The molecule has 1 fully saturated rings. The minimum Gasteiger partial charge on any atom is -0.493 e. The number of hydrogen-bond donors (Lipinski definition) is 4. The molecule has 1 aliphatic carbocycles. The topological polar surface area (TPSA) is 136 Å². The molecule has 4 aromatic rings. The molecule has 158 valence electrons. The molecule has 1 saturated carbocycles. The molecule has 0 radical (unpaired) electrons. The second kappa shape index (κ2) is 7.71. The van der Waals surface area contributed by atoms with Crippen molar-refractivity contribution in [2.75, 3.05) is 5.32 Å². The molecule has 31 heavy (non-hydrogen) atoms. The van der Waals surface area contributed by atoms with Crippen LogP contribution in [-0.2, 0) is 0 Å². The summed E-state index contributed by atoms with van der Waals surface area (Å²) in [6, 6.07) is 10.4. The first kappa shape index (κ1) is 19.0. The van der Waals surface area contributed by atoms with Crippen LogP contribution in [0.4, 0.5) is 5.95 Å². The van der Waals surface area contributed by atoms with Gasteiger partial charge >= 0.3 is 5.69 Å². The molecule has 1 aliphatic rings. The Bertz CT molecular complexity index is 1400. The number of aromatic amines is 2. The Morgan fingerprint density at radius 3 is 2.77 bits per heavy atom. The first-order valence-corrected chi connectivity index (χ1v) is 10.2. The van der Waals surface area contributed by atoms with Crippen LogP contribution in [0.15, 0.2) is 46.3 Å². The molecule has 10 heteroatoms. The molecule has 0 unspecified atom stereocenters. The van der Waals surface area contributed by atoms with Crippen molar-refractivity contribution in [3.8, 4) is 5.88 Å². The van der Waals surface area contributed by atoms with E-state index in [1.54, 1.807) is 16.8 Å². The molecule has 0 bridgehead atoms. The van der Waals surface area contributed by atoms with Crippen LogP contribution in [-0.4, -0.2) is 40.7 Å². The molecule has 5 rings (SSSR count). The summed E-state index contributed by atoms with van der Waals surface area (Å²) in [4.78, 5) is 30.3. The Balaban J connectivity index is 1.64. The van der Waals surface area contributed by atoms with Crippen LogP contribution >= 0.6 is 0 Å². The van der Waals surface area contributed by atoms with Crippen LogP contribution in [0.2, 0.25) is 0 Å². The summed E-state index contributed by atoms with van der Waals surface area (Å²) in [7, 11) is 0. The zero-order valence-electron chi connectivity index (χ0n) is 16.9. The smallest absolute Gasteiger partial charge is 0.326 e. The van der Waals surface area contributed by atoms with Crippen molar-refractivity contribution < 1.29 is 5.11 Å². The monoisotopic (exact) mass is 418 g/mol. The van der Waals surface area contributed by atoms with Gasteiger partial charge in [0.15, 0.2) is 5.65 Å². The number of H-pyrrole nitrogens is 2. The Kier molecular flexibility index (Phi) is 4.73. The number of rotatable bonds is 6. The lowest BCUT2D eigenvalue weighted by Gasteiger charge is -2.17. The number of anilines is 1. The lowest BCUT2D eigenvalue weighted by atomic mass is 10.1. The van der Waals surface area contributed by atoms with Crippen LogP contribution in [0.1, 0.15) is 43.5 Å². The van der Waals surface area contributed by atoms with Gasteiger partial charge in [-0.05, 0) is 30.9 Å². The molecule has 0 amide bonds. The molecule has 10 nitrogen and oxygen atoms in total. The Labute approximate surface area is 176 Å². The third kappa shape index (κ3) is 3.91. The molecule has 0 aliphatic heterocycles. The van der Waals surface area contributed by atoms with E-state index in [1.165, 1.54) is 0 Å². The summed E-state index contributed by atoms with van der Waals surface area (Å²) < 4.78 is 1.58. The van der Waals surface area contributed by atoms with Crippen molar-refractivity contribution in [2.45, 2.75) is 38.3 Å². The van der Waals surface area contributed by atoms with Gasteiger partial charge in [-0.3, -0.25) is 4.98 Å². The summed E-state index contributed by atoms with van der Waals surface area (Å²) in [6.07, 6.45) is 6.15. The van der Waals surface area contributed by atoms with E-state index in [0.29, 0.717) is 22.4 Å². The van der Waals surface area contributed by atoms with Crippen LogP contribution in [0.3, 0.4) is 0 Å². The summed E-state index contributed by atoms with van der Waals surface area (Å²) in [5, 5.41) is 18.3. The van der Waals surface area contributed by atoms with Crippen molar-refractivity contribution >= 4 is 17.7 Å². The van der Waals surface area contributed by atoms with Gasteiger partial charge in [-0.2, -0.15) is 19.6 Å². The highest BCUT2D eigenvalue weighted by Crippen LogP contribution is 2.23. The average molecular weight is 418 g/mol. The zero-order chi connectivity index (χ0) is 21.4. The predicted molar refractivity (Wildman–Crippen MR) is 114 cm³/mol. The number of imidazole rings is 1. The van der Waals surface area contributed by atoms with Crippen molar-refractivity contribution in [3.63, 3.8) is 0 Å². The van der Waals surface area contributed by atoms with E-state index in [4.69, 9.17) is 0 Å². The van der Waals surface area contributed by atoms with E-state index in [-0.39, 0.29) is 23.7 Å². The molecule has 3 heterocycles. The summed E-state index contributed by atoms with van der Waals surface area (Å²) in [5.41, 5.74) is 1.91. The molecule has 1 atom stereocenters. The first-order valence-electron chi connectivity index (χ1n) is 10.2. The van der Waals surface area contributed by atoms with Crippen LogP contribution < -0.4 is 21.8 Å². The van der Waals surface area contributed by atoms with Crippen molar-refractivity contribution in [2.24, 2.45) is 4.99 Å². The van der Waals surface area contributed by atoms with E-state index in [0.717, 1.165) is 24.8 Å². The number of fused-ring (bicyclic) bond motifs is 1. The summed E-state index contributed by atoms with van der Waals surface area (Å²) in [6.45, 7) is 2.10. The van der Waals surface area contributed by atoms with E-state index < -0.39 is 5.69 Å². The maximum atomic E-state index is 11.5. The van der Waals surface area contributed by atoms with Crippen LogP contribution in [0.25, 0.3) is 11.7 Å². The van der Waals surface area contributed by atoms with E-state index in [1.807, 2.05) is 18.2 Å². The SMILES string of the molecule is CC[C@H](Nc1nc(=NC2CC2)n2nc/c(=C\c3[nH]c(=O)[nH]c3O)c2n1)c1ccccc1. The molecule has 1 aromatic carbocycles.